The van der Waals surface area contributed by atoms with Crippen LogP contribution in [0, 0.1) is 5.92 Å². The zero-order valence-corrected chi connectivity index (χ0v) is 12.9. The summed E-state index contributed by atoms with van der Waals surface area (Å²) in [5.74, 6) is 0.286. The number of hydrogen-bond donors (Lipinski definition) is 2. The number of nitrogens with two attached hydrogens (primary N) is 2. The number of amides is 1. The van der Waals surface area contributed by atoms with Crippen LogP contribution in [0.2, 0.25) is 0 Å². The van der Waals surface area contributed by atoms with Crippen molar-refractivity contribution in [1.29, 1.82) is 0 Å². The molecule has 0 bridgehead atoms. The molecule has 0 unspecified atom stereocenters. The molecule has 1 rings (SSSR count). The summed E-state index contributed by atoms with van der Waals surface area (Å²) in [5.41, 5.74) is 13.4. The Labute approximate surface area is 122 Å². The summed E-state index contributed by atoms with van der Waals surface area (Å²) in [5, 5.41) is 0. The van der Waals surface area contributed by atoms with Crippen molar-refractivity contribution in [2.75, 3.05) is 18.8 Å². The number of carbonyl (C=O) groups is 1. The fraction of sp³-hybridized carbons (Fsp3) is 0.562. The van der Waals surface area contributed by atoms with Gasteiger partial charge in [-0.25, -0.2) is 0 Å². The SMILES string of the molecule is CCC(CC)CN(CC)Cc1ccc(C(N)=O)cc1N. The van der Waals surface area contributed by atoms with Crippen molar-refractivity contribution in [3.63, 3.8) is 0 Å². The minimum atomic E-state index is -0.437. The van der Waals surface area contributed by atoms with Crippen LogP contribution in [0.4, 0.5) is 5.69 Å². The normalized spacial score (nSPS) is 11.2. The first-order valence-electron chi connectivity index (χ1n) is 7.42. The highest BCUT2D eigenvalue weighted by Crippen LogP contribution is 2.18. The number of nitrogen functional groups attached to an aromatic ring is 1. The second-order valence-electron chi connectivity index (χ2n) is 5.29. The largest absolute Gasteiger partial charge is 0.398 e. The predicted octanol–water partition coefficient (Wildman–Crippen LogP) is 2.63. The summed E-state index contributed by atoms with van der Waals surface area (Å²) in [6.07, 6.45) is 2.40. The number of carbonyl (C=O) groups excluding carboxylic acids is 1. The predicted molar refractivity (Wildman–Crippen MR) is 84.4 cm³/mol. The van der Waals surface area contributed by atoms with E-state index in [-0.39, 0.29) is 0 Å². The summed E-state index contributed by atoms with van der Waals surface area (Å²) >= 11 is 0. The van der Waals surface area contributed by atoms with Crippen molar-refractivity contribution < 1.29 is 4.79 Å². The zero-order chi connectivity index (χ0) is 15.1. The van der Waals surface area contributed by atoms with Crippen molar-refractivity contribution >= 4 is 11.6 Å². The van der Waals surface area contributed by atoms with Crippen LogP contribution in [-0.4, -0.2) is 23.9 Å². The maximum atomic E-state index is 11.1. The molecule has 1 amide bonds. The number of hydrogen-bond acceptors (Lipinski definition) is 3. The lowest BCUT2D eigenvalue weighted by Crippen LogP contribution is -2.29. The van der Waals surface area contributed by atoms with Gasteiger partial charge in [0.05, 0.1) is 0 Å². The molecule has 0 saturated carbocycles. The molecule has 1 aromatic carbocycles. The Morgan fingerprint density at radius 1 is 1.25 bits per heavy atom. The molecule has 4 heteroatoms. The van der Waals surface area contributed by atoms with Gasteiger partial charge in [0.25, 0.3) is 0 Å². The summed E-state index contributed by atoms with van der Waals surface area (Å²) in [6, 6.07) is 5.33. The molecule has 4 nitrogen and oxygen atoms in total. The maximum absolute atomic E-state index is 11.1. The van der Waals surface area contributed by atoms with Crippen LogP contribution in [0.15, 0.2) is 18.2 Å². The Morgan fingerprint density at radius 3 is 2.35 bits per heavy atom. The first kappa shape index (κ1) is 16.5. The minimum absolute atomic E-state index is 0.437. The minimum Gasteiger partial charge on any atom is -0.398 e. The molecule has 0 heterocycles. The van der Waals surface area contributed by atoms with Gasteiger partial charge >= 0.3 is 0 Å². The van der Waals surface area contributed by atoms with E-state index in [4.69, 9.17) is 11.5 Å². The van der Waals surface area contributed by atoms with E-state index in [1.54, 1.807) is 12.1 Å². The number of anilines is 1. The van der Waals surface area contributed by atoms with Crippen LogP contribution in [0.5, 0.6) is 0 Å². The van der Waals surface area contributed by atoms with Gasteiger partial charge in [-0.3, -0.25) is 9.69 Å². The molecular formula is C16H27N3O. The standard InChI is InChI=1S/C16H27N3O/c1-4-12(5-2)10-19(6-3)11-14-8-7-13(16(18)20)9-15(14)17/h7-9,12H,4-6,10-11,17H2,1-3H3,(H2,18,20). The molecule has 0 saturated heterocycles. The first-order chi connectivity index (χ1) is 9.51. The van der Waals surface area contributed by atoms with Gasteiger partial charge in [-0.1, -0.05) is 39.7 Å². The van der Waals surface area contributed by atoms with Crippen LogP contribution in [0.1, 0.15) is 49.5 Å². The van der Waals surface area contributed by atoms with Crippen molar-refractivity contribution in [3.8, 4) is 0 Å². The van der Waals surface area contributed by atoms with E-state index in [1.165, 1.54) is 12.8 Å². The van der Waals surface area contributed by atoms with Gasteiger partial charge in [-0.15, -0.1) is 0 Å². The van der Waals surface area contributed by atoms with Crippen LogP contribution in [0.25, 0.3) is 0 Å². The Kier molecular flexibility index (Phi) is 6.52. The average Bonchev–Trinajstić information content (AvgIpc) is 2.44. The van der Waals surface area contributed by atoms with E-state index in [0.29, 0.717) is 11.3 Å². The van der Waals surface area contributed by atoms with Gasteiger partial charge in [0, 0.05) is 24.3 Å². The van der Waals surface area contributed by atoms with Crippen LogP contribution in [-0.2, 0) is 6.54 Å². The number of primary amides is 1. The second kappa shape index (κ2) is 7.90. The van der Waals surface area contributed by atoms with E-state index in [0.717, 1.165) is 31.1 Å². The highest BCUT2D eigenvalue weighted by atomic mass is 16.1. The van der Waals surface area contributed by atoms with E-state index in [2.05, 4.69) is 25.7 Å². The molecule has 0 radical (unpaired) electrons. The third-order valence-electron chi connectivity index (χ3n) is 3.94. The summed E-state index contributed by atoms with van der Waals surface area (Å²) in [4.78, 5) is 13.5. The molecule has 0 aliphatic carbocycles. The lowest BCUT2D eigenvalue weighted by molar-refractivity contribution is 0.100. The van der Waals surface area contributed by atoms with Gasteiger partial charge in [-0.2, -0.15) is 0 Å². The van der Waals surface area contributed by atoms with Crippen LogP contribution >= 0.6 is 0 Å². The van der Waals surface area contributed by atoms with Gasteiger partial charge in [0.15, 0.2) is 0 Å². The monoisotopic (exact) mass is 277 g/mol. The van der Waals surface area contributed by atoms with E-state index < -0.39 is 5.91 Å². The van der Waals surface area contributed by atoms with E-state index >= 15 is 0 Å². The molecule has 0 spiro atoms. The van der Waals surface area contributed by atoms with Gasteiger partial charge in [0.2, 0.25) is 5.91 Å². The molecule has 0 fully saturated rings. The fourth-order valence-corrected chi connectivity index (χ4v) is 2.35. The molecule has 112 valence electrons. The zero-order valence-electron chi connectivity index (χ0n) is 12.9. The van der Waals surface area contributed by atoms with Crippen molar-refractivity contribution in [2.24, 2.45) is 11.7 Å². The van der Waals surface area contributed by atoms with Crippen molar-refractivity contribution in [1.82, 2.24) is 4.90 Å². The summed E-state index contributed by atoms with van der Waals surface area (Å²) in [7, 11) is 0. The number of benzene rings is 1. The Bertz CT molecular complexity index is 441. The third kappa shape index (κ3) is 4.53. The smallest absolute Gasteiger partial charge is 0.248 e. The molecular weight excluding hydrogens is 250 g/mol. The lowest BCUT2D eigenvalue weighted by Gasteiger charge is -2.25. The van der Waals surface area contributed by atoms with Crippen LogP contribution < -0.4 is 11.5 Å². The maximum Gasteiger partial charge on any atom is 0.248 e. The second-order valence-corrected chi connectivity index (χ2v) is 5.29. The molecule has 4 N–H and O–H groups in total. The molecule has 0 atom stereocenters. The molecule has 1 aromatic rings. The van der Waals surface area contributed by atoms with Crippen LogP contribution in [0.3, 0.4) is 0 Å². The average molecular weight is 277 g/mol. The van der Waals surface area contributed by atoms with Gasteiger partial charge < -0.3 is 11.5 Å². The highest BCUT2D eigenvalue weighted by Gasteiger charge is 2.12. The van der Waals surface area contributed by atoms with Crippen molar-refractivity contribution in [2.45, 2.75) is 40.2 Å². The third-order valence-corrected chi connectivity index (χ3v) is 3.94. The Morgan fingerprint density at radius 2 is 1.90 bits per heavy atom. The van der Waals surface area contributed by atoms with Gasteiger partial charge in [0.1, 0.15) is 0 Å². The quantitative estimate of drug-likeness (QED) is 0.717. The van der Waals surface area contributed by atoms with Gasteiger partial charge in [-0.05, 0) is 30.2 Å². The first-order valence-corrected chi connectivity index (χ1v) is 7.42. The number of nitrogens with zero attached hydrogens (tertiary/aromatic N) is 1. The number of rotatable bonds is 8. The fourth-order valence-electron chi connectivity index (χ4n) is 2.35. The summed E-state index contributed by atoms with van der Waals surface area (Å²) < 4.78 is 0. The molecule has 0 aromatic heterocycles. The summed E-state index contributed by atoms with van der Waals surface area (Å²) in [6.45, 7) is 9.53. The highest BCUT2D eigenvalue weighted by molar-refractivity contribution is 5.93. The van der Waals surface area contributed by atoms with E-state index in [9.17, 15) is 4.79 Å². The Hall–Kier alpha value is -1.55. The molecule has 0 aliphatic heterocycles. The molecule has 20 heavy (non-hydrogen) atoms. The van der Waals surface area contributed by atoms with Crippen molar-refractivity contribution in [3.05, 3.63) is 29.3 Å². The van der Waals surface area contributed by atoms with E-state index in [1.807, 2.05) is 6.07 Å². The topological polar surface area (TPSA) is 72.3 Å². The Balaban J connectivity index is 2.77. The lowest BCUT2D eigenvalue weighted by atomic mass is 10.0. The molecule has 0 aliphatic rings.